The molecule has 1 atom stereocenters. The first-order valence-corrected chi connectivity index (χ1v) is 6.71. The smallest absolute Gasteiger partial charge is 0.404 e. The predicted molar refractivity (Wildman–Crippen MR) is 73.5 cm³/mol. The lowest BCUT2D eigenvalue weighted by Gasteiger charge is -2.13. The summed E-state index contributed by atoms with van der Waals surface area (Å²) < 4.78 is 6.64. The van der Waals surface area contributed by atoms with Gasteiger partial charge in [0.05, 0.1) is 6.04 Å². The van der Waals surface area contributed by atoms with Crippen molar-refractivity contribution in [1.82, 2.24) is 10.3 Å². The number of rotatable bonds is 2. The molecular weight excluding hydrogens is 314 g/mol. The van der Waals surface area contributed by atoms with Gasteiger partial charge in [-0.1, -0.05) is 15.9 Å². The van der Waals surface area contributed by atoms with Crippen LogP contribution in [0.1, 0.15) is 6.42 Å². The summed E-state index contributed by atoms with van der Waals surface area (Å²) in [5.74, 6) is 0. The highest BCUT2D eigenvalue weighted by molar-refractivity contribution is 9.10. The van der Waals surface area contributed by atoms with Gasteiger partial charge in [0.15, 0.2) is 5.58 Å². The SMILES string of the molecule is O=C(O)N[C@H]1CCN(c2nc3ccc(Br)cc3o2)C1. The highest BCUT2D eigenvalue weighted by Crippen LogP contribution is 2.26. The molecule has 1 aliphatic rings. The molecule has 2 aromatic rings. The van der Waals surface area contributed by atoms with Crippen molar-refractivity contribution in [2.75, 3.05) is 18.0 Å². The molecule has 0 unspecified atom stereocenters. The summed E-state index contributed by atoms with van der Waals surface area (Å²) >= 11 is 3.39. The monoisotopic (exact) mass is 325 g/mol. The van der Waals surface area contributed by atoms with E-state index in [1.807, 2.05) is 23.1 Å². The van der Waals surface area contributed by atoms with Gasteiger partial charge in [0.25, 0.3) is 6.01 Å². The number of oxazole rings is 1. The highest BCUT2D eigenvalue weighted by Gasteiger charge is 2.26. The minimum Gasteiger partial charge on any atom is -0.465 e. The molecule has 3 rings (SSSR count). The number of anilines is 1. The third-order valence-corrected chi connectivity index (χ3v) is 3.62. The van der Waals surface area contributed by atoms with Crippen molar-refractivity contribution in [3.8, 4) is 0 Å². The molecule has 0 bridgehead atoms. The van der Waals surface area contributed by atoms with E-state index in [1.54, 1.807) is 0 Å². The first kappa shape index (κ1) is 12.3. The number of benzene rings is 1. The number of halogens is 1. The number of fused-ring (bicyclic) bond motifs is 1. The van der Waals surface area contributed by atoms with E-state index in [1.165, 1.54) is 0 Å². The van der Waals surface area contributed by atoms with Crippen molar-refractivity contribution in [1.29, 1.82) is 0 Å². The van der Waals surface area contributed by atoms with E-state index in [2.05, 4.69) is 26.2 Å². The lowest BCUT2D eigenvalue weighted by molar-refractivity contribution is 0.191. The van der Waals surface area contributed by atoms with Crippen LogP contribution in [0.25, 0.3) is 11.1 Å². The van der Waals surface area contributed by atoms with Crippen LogP contribution in [0.5, 0.6) is 0 Å². The van der Waals surface area contributed by atoms with Crippen LogP contribution in [-0.2, 0) is 0 Å². The molecule has 19 heavy (non-hydrogen) atoms. The van der Waals surface area contributed by atoms with Crippen molar-refractivity contribution in [2.45, 2.75) is 12.5 Å². The van der Waals surface area contributed by atoms with Crippen LogP contribution < -0.4 is 10.2 Å². The summed E-state index contributed by atoms with van der Waals surface area (Å²) in [6.45, 7) is 1.32. The lowest BCUT2D eigenvalue weighted by Crippen LogP contribution is -2.36. The average molecular weight is 326 g/mol. The number of amides is 1. The summed E-state index contributed by atoms with van der Waals surface area (Å²) in [5.41, 5.74) is 1.52. The van der Waals surface area contributed by atoms with E-state index in [4.69, 9.17) is 9.52 Å². The van der Waals surface area contributed by atoms with Crippen molar-refractivity contribution >= 4 is 39.1 Å². The Balaban J connectivity index is 1.79. The minimum atomic E-state index is -0.992. The Kier molecular flexibility index (Phi) is 3.06. The van der Waals surface area contributed by atoms with Gasteiger partial charge in [-0.25, -0.2) is 4.79 Å². The number of nitrogens with zero attached hydrogens (tertiary/aromatic N) is 2. The molecule has 0 saturated carbocycles. The Bertz CT molecular complexity index is 628. The van der Waals surface area contributed by atoms with E-state index in [9.17, 15) is 4.79 Å². The number of hydrogen-bond donors (Lipinski definition) is 2. The third-order valence-electron chi connectivity index (χ3n) is 3.13. The number of hydrogen-bond acceptors (Lipinski definition) is 4. The van der Waals surface area contributed by atoms with Gasteiger partial charge in [0.2, 0.25) is 0 Å². The zero-order valence-corrected chi connectivity index (χ0v) is 11.6. The van der Waals surface area contributed by atoms with Crippen LogP contribution >= 0.6 is 15.9 Å². The van der Waals surface area contributed by atoms with Crippen molar-refractivity contribution < 1.29 is 14.3 Å². The first-order valence-electron chi connectivity index (χ1n) is 5.92. The summed E-state index contributed by atoms with van der Waals surface area (Å²) in [5, 5.41) is 11.2. The largest absolute Gasteiger partial charge is 0.465 e. The van der Waals surface area contributed by atoms with E-state index in [0.29, 0.717) is 12.6 Å². The van der Waals surface area contributed by atoms with Gasteiger partial charge in [-0.05, 0) is 24.6 Å². The molecule has 1 aliphatic heterocycles. The molecular formula is C12H12BrN3O3. The van der Waals surface area contributed by atoms with Crippen LogP contribution in [-0.4, -0.2) is 35.3 Å². The minimum absolute atomic E-state index is 0.0701. The zero-order valence-electron chi connectivity index (χ0n) is 9.97. The zero-order chi connectivity index (χ0) is 13.4. The van der Waals surface area contributed by atoms with Crippen LogP contribution in [0.15, 0.2) is 27.1 Å². The molecule has 1 aromatic carbocycles. The van der Waals surface area contributed by atoms with Crippen LogP contribution in [0.2, 0.25) is 0 Å². The number of aromatic nitrogens is 1. The van der Waals surface area contributed by atoms with E-state index in [0.717, 1.165) is 28.5 Å². The molecule has 100 valence electrons. The van der Waals surface area contributed by atoms with Gasteiger partial charge in [-0.15, -0.1) is 0 Å². The molecule has 1 aromatic heterocycles. The van der Waals surface area contributed by atoms with Gasteiger partial charge in [0.1, 0.15) is 5.52 Å². The van der Waals surface area contributed by atoms with Gasteiger partial charge < -0.3 is 19.7 Å². The fourth-order valence-electron chi connectivity index (χ4n) is 2.25. The molecule has 1 amide bonds. The maximum absolute atomic E-state index is 10.6. The van der Waals surface area contributed by atoms with E-state index >= 15 is 0 Å². The molecule has 1 fully saturated rings. The molecule has 0 radical (unpaired) electrons. The van der Waals surface area contributed by atoms with Crippen molar-refractivity contribution in [2.24, 2.45) is 0 Å². The number of carboxylic acid groups (broad SMARTS) is 1. The number of carbonyl (C=O) groups is 1. The quantitative estimate of drug-likeness (QED) is 0.886. The summed E-state index contributed by atoms with van der Waals surface area (Å²) in [4.78, 5) is 17.0. The van der Waals surface area contributed by atoms with E-state index in [-0.39, 0.29) is 6.04 Å². The molecule has 2 heterocycles. The second-order valence-corrected chi connectivity index (χ2v) is 5.41. The maximum Gasteiger partial charge on any atom is 0.404 e. The van der Waals surface area contributed by atoms with Crippen LogP contribution in [0, 0.1) is 0 Å². The van der Waals surface area contributed by atoms with Gasteiger partial charge in [-0.2, -0.15) is 4.98 Å². The van der Waals surface area contributed by atoms with E-state index < -0.39 is 6.09 Å². The Morgan fingerprint density at radius 2 is 2.42 bits per heavy atom. The lowest BCUT2D eigenvalue weighted by atomic mass is 10.3. The second-order valence-electron chi connectivity index (χ2n) is 4.49. The molecule has 0 aliphatic carbocycles. The molecule has 6 nitrogen and oxygen atoms in total. The summed E-state index contributed by atoms with van der Waals surface area (Å²) in [6.07, 6.45) is -0.234. The average Bonchev–Trinajstić information content (AvgIpc) is 2.93. The molecule has 1 saturated heterocycles. The third kappa shape index (κ3) is 2.51. The normalized spacial score (nSPS) is 19.0. The summed E-state index contributed by atoms with van der Waals surface area (Å²) in [7, 11) is 0. The summed E-state index contributed by atoms with van der Waals surface area (Å²) in [6, 6.07) is 6.14. The Labute approximate surface area is 117 Å². The van der Waals surface area contributed by atoms with Gasteiger partial charge >= 0.3 is 6.09 Å². The van der Waals surface area contributed by atoms with Gasteiger partial charge in [-0.3, -0.25) is 0 Å². The number of nitrogens with one attached hydrogen (secondary N) is 1. The van der Waals surface area contributed by atoms with Crippen molar-refractivity contribution in [3.63, 3.8) is 0 Å². The Morgan fingerprint density at radius 1 is 1.58 bits per heavy atom. The molecule has 2 N–H and O–H groups in total. The second kappa shape index (κ2) is 4.73. The Morgan fingerprint density at radius 3 is 3.21 bits per heavy atom. The predicted octanol–water partition coefficient (Wildman–Crippen LogP) is 2.44. The van der Waals surface area contributed by atoms with Crippen molar-refractivity contribution in [3.05, 3.63) is 22.7 Å². The fraction of sp³-hybridized carbons (Fsp3) is 0.333. The molecule has 0 spiro atoms. The topological polar surface area (TPSA) is 78.6 Å². The highest BCUT2D eigenvalue weighted by atomic mass is 79.9. The van der Waals surface area contributed by atoms with Crippen LogP contribution in [0.4, 0.5) is 10.8 Å². The van der Waals surface area contributed by atoms with Gasteiger partial charge in [0, 0.05) is 17.6 Å². The van der Waals surface area contributed by atoms with Crippen LogP contribution in [0.3, 0.4) is 0 Å². The fourth-order valence-corrected chi connectivity index (χ4v) is 2.59. The molecule has 7 heteroatoms. The standard InChI is InChI=1S/C12H12BrN3O3/c13-7-1-2-9-10(5-7)19-11(15-9)16-4-3-8(6-16)14-12(17)18/h1-2,5,8,14H,3-4,6H2,(H,17,18)/t8-/m0/s1. The first-order chi connectivity index (χ1) is 9.11. The maximum atomic E-state index is 10.6. The Hall–Kier alpha value is -1.76.